The third-order valence-corrected chi connectivity index (χ3v) is 7.23. The molecule has 5 rings (SSSR count). The lowest BCUT2D eigenvalue weighted by Gasteiger charge is -2.16. The van der Waals surface area contributed by atoms with Gasteiger partial charge in [-0.3, -0.25) is 14.5 Å². The number of cyclic esters (lactones) is 1. The zero-order chi connectivity index (χ0) is 28.4. The van der Waals surface area contributed by atoms with E-state index < -0.39 is 36.0 Å². The molecule has 1 aromatic heterocycles. The number of hydrogen-bond donors (Lipinski definition) is 4. The van der Waals surface area contributed by atoms with E-state index >= 15 is 4.39 Å². The van der Waals surface area contributed by atoms with Gasteiger partial charge in [0.2, 0.25) is 5.91 Å². The van der Waals surface area contributed by atoms with E-state index in [-0.39, 0.29) is 12.3 Å². The lowest BCUT2D eigenvalue weighted by molar-refractivity contribution is -0.120. The molecule has 1 saturated heterocycles. The van der Waals surface area contributed by atoms with Crippen LogP contribution in [0, 0.1) is 5.82 Å². The molecule has 2 amide bonds. The molecule has 2 heterocycles. The minimum atomic E-state index is -0.933. The molecule has 10 heteroatoms. The summed E-state index contributed by atoms with van der Waals surface area (Å²) < 4.78 is 20.3. The van der Waals surface area contributed by atoms with Gasteiger partial charge in [0.25, 0.3) is 0 Å². The van der Waals surface area contributed by atoms with Crippen LogP contribution in [0.2, 0.25) is 0 Å². The van der Waals surface area contributed by atoms with Crippen molar-refractivity contribution in [2.24, 2.45) is 11.5 Å². The standard InChI is InChI=1S/C30H30FN5O4/c1-17(37)28(32)27-16-36(30(39)40-27)21-10-11-22(24(31)13-21)19-8-6-18(7-9-19)14-34-26(29(33)38)12-20-15-35-25-5-3-2-4-23(20)25/h2-11,13,15,26-28,34-35H,12,14,16,32H2,1H3,(H2,33,38)/t26?,27?,28-/m1/s1. The smallest absolute Gasteiger partial charge is 0.414 e. The van der Waals surface area contributed by atoms with Crippen LogP contribution in [-0.2, 0) is 27.3 Å². The average Bonchev–Trinajstić information content (AvgIpc) is 3.54. The number of carbonyl (C=O) groups excluding carboxylic acids is 3. The van der Waals surface area contributed by atoms with Gasteiger partial charge >= 0.3 is 6.09 Å². The largest absolute Gasteiger partial charge is 0.442 e. The number of nitrogens with zero attached hydrogens (tertiary/aromatic N) is 1. The van der Waals surface area contributed by atoms with Crippen LogP contribution in [0.15, 0.2) is 72.9 Å². The number of nitrogens with two attached hydrogens (primary N) is 2. The number of halogens is 1. The number of amides is 2. The van der Waals surface area contributed by atoms with E-state index in [4.69, 9.17) is 16.2 Å². The van der Waals surface area contributed by atoms with E-state index in [2.05, 4.69) is 10.3 Å². The Morgan fingerprint density at radius 1 is 1.15 bits per heavy atom. The maximum Gasteiger partial charge on any atom is 0.414 e. The maximum atomic E-state index is 15.1. The van der Waals surface area contributed by atoms with Crippen molar-refractivity contribution in [3.63, 3.8) is 0 Å². The highest BCUT2D eigenvalue weighted by Crippen LogP contribution is 2.30. The second-order valence-electron chi connectivity index (χ2n) is 9.93. The fourth-order valence-electron chi connectivity index (χ4n) is 4.89. The maximum absolute atomic E-state index is 15.1. The zero-order valence-corrected chi connectivity index (χ0v) is 21.9. The normalized spacial score (nSPS) is 16.6. The van der Waals surface area contributed by atoms with Crippen molar-refractivity contribution < 1.29 is 23.5 Å². The second-order valence-corrected chi connectivity index (χ2v) is 9.93. The predicted octanol–water partition coefficient (Wildman–Crippen LogP) is 3.40. The first kappa shape index (κ1) is 27.0. The summed E-state index contributed by atoms with van der Waals surface area (Å²) in [6, 6.07) is 18.1. The molecule has 0 radical (unpaired) electrons. The van der Waals surface area contributed by atoms with Crippen LogP contribution in [0.25, 0.3) is 22.0 Å². The van der Waals surface area contributed by atoms with Gasteiger partial charge in [-0.15, -0.1) is 0 Å². The third kappa shape index (κ3) is 5.58. The topological polar surface area (TPSA) is 144 Å². The summed E-state index contributed by atoms with van der Waals surface area (Å²) in [6.45, 7) is 1.79. The molecule has 0 spiro atoms. The van der Waals surface area contributed by atoms with Crippen molar-refractivity contribution >= 4 is 34.4 Å². The second kappa shape index (κ2) is 11.3. The SMILES string of the molecule is CC(=O)[C@@H](N)C1CN(c2ccc(-c3ccc(CNC(Cc4c[nH]c5ccccc45)C(N)=O)cc3)c(F)c2)C(=O)O1. The number of aromatic nitrogens is 1. The number of para-hydroxylation sites is 1. The first-order valence-corrected chi connectivity index (χ1v) is 12.9. The number of nitrogens with one attached hydrogen (secondary N) is 2. The molecular formula is C30H30FN5O4. The number of hydrogen-bond acceptors (Lipinski definition) is 6. The number of fused-ring (bicyclic) bond motifs is 1. The first-order valence-electron chi connectivity index (χ1n) is 12.9. The number of Topliss-reactive ketones (excluding diaryl/α,β-unsaturated/α-hetero) is 1. The number of carbonyl (C=O) groups is 3. The third-order valence-electron chi connectivity index (χ3n) is 7.23. The van der Waals surface area contributed by atoms with Gasteiger partial charge in [0.15, 0.2) is 0 Å². The van der Waals surface area contributed by atoms with E-state index in [1.165, 1.54) is 17.9 Å². The first-order chi connectivity index (χ1) is 19.2. The molecule has 6 N–H and O–H groups in total. The Labute approximate surface area is 230 Å². The van der Waals surface area contributed by atoms with Crippen LogP contribution in [0.4, 0.5) is 14.9 Å². The fraction of sp³-hybridized carbons (Fsp3) is 0.233. The molecule has 1 fully saturated rings. The van der Waals surface area contributed by atoms with Crippen LogP contribution in [0.5, 0.6) is 0 Å². The molecular weight excluding hydrogens is 513 g/mol. The molecule has 2 unspecified atom stereocenters. The number of anilines is 1. The molecule has 3 atom stereocenters. The highest BCUT2D eigenvalue weighted by Gasteiger charge is 2.38. The number of ether oxygens (including phenoxy) is 1. The van der Waals surface area contributed by atoms with Gasteiger partial charge in [-0.05, 0) is 54.3 Å². The Hall–Kier alpha value is -4.54. The lowest BCUT2D eigenvalue weighted by atomic mass is 10.0. The zero-order valence-electron chi connectivity index (χ0n) is 21.9. The molecule has 3 aromatic carbocycles. The summed E-state index contributed by atoms with van der Waals surface area (Å²) in [5.74, 6) is -1.25. The number of primary amides is 1. The number of aromatic amines is 1. The molecule has 206 valence electrons. The van der Waals surface area contributed by atoms with Gasteiger partial charge in [0.1, 0.15) is 23.7 Å². The molecule has 40 heavy (non-hydrogen) atoms. The van der Waals surface area contributed by atoms with Crippen LogP contribution in [0.1, 0.15) is 18.1 Å². The summed E-state index contributed by atoms with van der Waals surface area (Å²) in [6.07, 6.45) is 0.874. The van der Waals surface area contributed by atoms with E-state index in [0.717, 1.165) is 22.0 Å². The highest BCUT2D eigenvalue weighted by atomic mass is 19.1. The van der Waals surface area contributed by atoms with Crippen molar-refractivity contribution in [3.05, 3.63) is 89.9 Å². The molecule has 1 aliphatic heterocycles. The van der Waals surface area contributed by atoms with E-state index in [0.29, 0.717) is 29.8 Å². The Kier molecular flexibility index (Phi) is 7.63. The summed E-state index contributed by atoms with van der Waals surface area (Å²) in [4.78, 5) is 40.5. The van der Waals surface area contributed by atoms with E-state index in [1.54, 1.807) is 24.3 Å². The lowest BCUT2D eigenvalue weighted by Crippen LogP contribution is -2.43. The molecule has 0 saturated carbocycles. The number of ketones is 1. The van der Waals surface area contributed by atoms with Gasteiger partial charge in [-0.2, -0.15) is 0 Å². The van der Waals surface area contributed by atoms with Crippen molar-refractivity contribution in [2.45, 2.75) is 38.1 Å². The van der Waals surface area contributed by atoms with Gasteiger partial charge in [0.05, 0.1) is 18.3 Å². The van der Waals surface area contributed by atoms with Crippen molar-refractivity contribution in [3.8, 4) is 11.1 Å². The Morgan fingerprint density at radius 3 is 2.60 bits per heavy atom. The minimum absolute atomic E-state index is 0.0622. The molecule has 1 aliphatic rings. The average molecular weight is 544 g/mol. The van der Waals surface area contributed by atoms with Gasteiger partial charge < -0.3 is 26.5 Å². The minimum Gasteiger partial charge on any atom is -0.442 e. The Morgan fingerprint density at radius 2 is 1.90 bits per heavy atom. The predicted molar refractivity (Wildman–Crippen MR) is 150 cm³/mol. The summed E-state index contributed by atoms with van der Waals surface area (Å²) >= 11 is 0. The van der Waals surface area contributed by atoms with Crippen LogP contribution < -0.4 is 21.7 Å². The number of H-pyrrole nitrogens is 1. The van der Waals surface area contributed by atoms with Crippen LogP contribution >= 0.6 is 0 Å². The van der Waals surface area contributed by atoms with Gasteiger partial charge in [0, 0.05) is 29.2 Å². The van der Waals surface area contributed by atoms with E-state index in [1.807, 2.05) is 42.6 Å². The summed E-state index contributed by atoms with van der Waals surface area (Å²) in [7, 11) is 0. The fourth-order valence-corrected chi connectivity index (χ4v) is 4.89. The quantitative estimate of drug-likeness (QED) is 0.241. The highest BCUT2D eigenvalue weighted by molar-refractivity contribution is 5.92. The number of benzene rings is 3. The molecule has 4 aromatic rings. The van der Waals surface area contributed by atoms with E-state index in [9.17, 15) is 14.4 Å². The molecule has 0 bridgehead atoms. The molecule has 0 aliphatic carbocycles. The van der Waals surface area contributed by atoms with Crippen molar-refractivity contribution in [1.29, 1.82) is 0 Å². The van der Waals surface area contributed by atoms with Crippen LogP contribution in [-0.4, -0.2) is 47.5 Å². The monoisotopic (exact) mass is 543 g/mol. The summed E-state index contributed by atoms with van der Waals surface area (Å²) in [5.41, 5.74) is 15.7. The van der Waals surface area contributed by atoms with Gasteiger partial charge in [-0.25, -0.2) is 9.18 Å². The summed E-state index contributed by atoms with van der Waals surface area (Å²) in [5, 5.41) is 4.28. The van der Waals surface area contributed by atoms with Gasteiger partial charge in [-0.1, -0.05) is 42.5 Å². The Balaban J connectivity index is 1.24. The Bertz CT molecular complexity index is 1570. The van der Waals surface area contributed by atoms with Crippen LogP contribution in [0.3, 0.4) is 0 Å². The van der Waals surface area contributed by atoms with Crippen molar-refractivity contribution in [2.75, 3.05) is 11.4 Å². The number of rotatable bonds is 10. The van der Waals surface area contributed by atoms with Crippen molar-refractivity contribution in [1.82, 2.24) is 10.3 Å². The molecule has 9 nitrogen and oxygen atoms in total.